The smallest absolute Gasteiger partial charge is 0.139 e. The molecule has 0 radical (unpaired) electrons. The first kappa shape index (κ1) is 15.3. The number of rotatable bonds is 4. The molecule has 2 heterocycles. The third-order valence-electron chi connectivity index (χ3n) is 3.97. The highest BCUT2D eigenvalue weighted by molar-refractivity contribution is 9.10. The highest BCUT2D eigenvalue weighted by Crippen LogP contribution is 2.27. The van der Waals surface area contributed by atoms with Gasteiger partial charge in [0.2, 0.25) is 0 Å². The summed E-state index contributed by atoms with van der Waals surface area (Å²) < 4.78 is 21.8. The Hall–Kier alpha value is -0.650. The van der Waals surface area contributed by atoms with Gasteiger partial charge in [-0.15, -0.1) is 11.6 Å². The molecule has 0 saturated carbocycles. The third kappa shape index (κ3) is 3.25. The van der Waals surface area contributed by atoms with Crippen LogP contribution in [0, 0.1) is 11.7 Å². The normalized spacial score (nSPS) is 16.7. The first-order valence-corrected chi connectivity index (χ1v) is 8.49. The number of aryl methyl sites for hydroxylation is 1. The Morgan fingerprint density at radius 2 is 2.14 bits per heavy atom. The number of halogens is 3. The summed E-state index contributed by atoms with van der Waals surface area (Å²) in [5.41, 5.74) is 1.66. The Morgan fingerprint density at radius 3 is 2.86 bits per heavy atom. The molecule has 1 saturated heterocycles. The first-order valence-electron chi connectivity index (χ1n) is 7.17. The van der Waals surface area contributed by atoms with Gasteiger partial charge in [0, 0.05) is 38.1 Å². The predicted molar refractivity (Wildman–Crippen MR) is 85.4 cm³/mol. The maximum Gasteiger partial charge on any atom is 0.139 e. The summed E-state index contributed by atoms with van der Waals surface area (Å²) in [6.45, 7) is 2.53. The highest BCUT2D eigenvalue weighted by Gasteiger charge is 2.19. The zero-order chi connectivity index (χ0) is 14.8. The van der Waals surface area contributed by atoms with Crippen LogP contribution in [0.25, 0.3) is 11.0 Å². The van der Waals surface area contributed by atoms with Gasteiger partial charge in [-0.2, -0.15) is 0 Å². The van der Waals surface area contributed by atoms with Gasteiger partial charge >= 0.3 is 0 Å². The van der Waals surface area contributed by atoms with Crippen molar-refractivity contribution in [3.05, 3.63) is 28.2 Å². The second-order valence-electron chi connectivity index (χ2n) is 5.39. The van der Waals surface area contributed by atoms with E-state index >= 15 is 0 Å². The Bertz CT molecular complexity index is 640. The molecule has 0 unspecified atom stereocenters. The van der Waals surface area contributed by atoms with E-state index in [1.807, 2.05) is 6.07 Å². The first-order chi connectivity index (χ1) is 10.2. The second-order valence-corrected chi connectivity index (χ2v) is 6.62. The van der Waals surface area contributed by atoms with Crippen LogP contribution in [-0.2, 0) is 17.7 Å². The lowest BCUT2D eigenvalue weighted by Crippen LogP contribution is -2.21. The number of hydrogen-bond donors (Lipinski definition) is 0. The van der Waals surface area contributed by atoms with Crippen LogP contribution in [0.3, 0.4) is 0 Å². The monoisotopic (exact) mass is 374 g/mol. The number of alkyl halides is 1. The molecule has 0 N–H and O–H groups in total. The number of fused-ring (bicyclic) bond motifs is 1. The van der Waals surface area contributed by atoms with E-state index in [9.17, 15) is 4.39 Å². The minimum atomic E-state index is -0.282. The molecule has 0 aliphatic carbocycles. The van der Waals surface area contributed by atoms with Crippen molar-refractivity contribution in [1.29, 1.82) is 0 Å². The topological polar surface area (TPSA) is 27.1 Å². The van der Waals surface area contributed by atoms with Gasteiger partial charge in [-0.25, -0.2) is 9.37 Å². The van der Waals surface area contributed by atoms with E-state index in [0.29, 0.717) is 28.2 Å². The number of ether oxygens (including phenoxy) is 1. The second kappa shape index (κ2) is 6.63. The van der Waals surface area contributed by atoms with E-state index in [2.05, 4.69) is 25.5 Å². The summed E-state index contributed by atoms with van der Waals surface area (Å²) in [6.07, 6.45) is 2.81. The van der Waals surface area contributed by atoms with E-state index < -0.39 is 0 Å². The van der Waals surface area contributed by atoms with E-state index in [-0.39, 0.29) is 5.82 Å². The average Bonchev–Trinajstić information content (AvgIpc) is 2.79. The molecule has 1 aliphatic rings. The summed E-state index contributed by atoms with van der Waals surface area (Å²) in [5, 5.41) is 0. The summed E-state index contributed by atoms with van der Waals surface area (Å²) in [6, 6.07) is 3.30. The molecule has 1 aliphatic heterocycles. The lowest BCUT2D eigenvalue weighted by molar-refractivity contribution is 0.0613. The van der Waals surface area contributed by atoms with Gasteiger partial charge < -0.3 is 9.30 Å². The van der Waals surface area contributed by atoms with Gasteiger partial charge in [0.1, 0.15) is 11.6 Å². The number of imidazole rings is 1. The third-order valence-corrected chi connectivity index (χ3v) is 4.77. The molecule has 6 heteroatoms. The highest BCUT2D eigenvalue weighted by atomic mass is 79.9. The van der Waals surface area contributed by atoms with Crippen LogP contribution in [0.1, 0.15) is 18.7 Å². The van der Waals surface area contributed by atoms with Crippen LogP contribution in [0.2, 0.25) is 0 Å². The molecule has 0 bridgehead atoms. The number of aromatic nitrogens is 2. The van der Waals surface area contributed by atoms with Gasteiger partial charge in [0.15, 0.2) is 0 Å². The van der Waals surface area contributed by atoms with Crippen molar-refractivity contribution in [3.8, 4) is 0 Å². The maximum absolute atomic E-state index is 13.7. The van der Waals surface area contributed by atoms with Gasteiger partial charge in [0.05, 0.1) is 15.5 Å². The van der Waals surface area contributed by atoms with Crippen LogP contribution in [0.4, 0.5) is 4.39 Å². The van der Waals surface area contributed by atoms with Crippen molar-refractivity contribution < 1.29 is 9.13 Å². The molecule has 1 fully saturated rings. The quantitative estimate of drug-likeness (QED) is 0.751. The number of nitrogens with zero attached hydrogens (tertiary/aromatic N) is 2. The van der Waals surface area contributed by atoms with Crippen LogP contribution in [-0.4, -0.2) is 28.6 Å². The fourth-order valence-electron chi connectivity index (χ4n) is 2.84. The fourth-order valence-corrected chi connectivity index (χ4v) is 3.34. The molecular weight excluding hydrogens is 359 g/mol. The summed E-state index contributed by atoms with van der Waals surface area (Å²) >= 11 is 9.15. The average molecular weight is 376 g/mol. The zero-order valence-corrected chi connectivity index (χ0v) is 14.0. The van der Waals surface area contributed by atoms with Crippen LogP contribution >= 0.6 is 27.5 Å². The van der Waals surface area contributed by atoms with Crippen molar-refractivity contribution >= 4 is 38.6 Å². The van der Waals surface area contributed by atoms with Gasteiger partial charge in [-0.05, 0) is 40.8 Å². The van der Waals surface area contributed by atoms with E-state index in [1.54, 1.807) is 0 Å². The van der Waals surface area contributed by atoms with Gasteiger partial charge in [-0.1, -0.05) is 0 Å². The summed E-state index contributed by atoms with van der Waals surface area (Å²) in [7, 11) is 0. The molecule has 114 valence electrons. The van der Waals surface area contributed by atoms with Crippen molar-refractivity contribution in [1.82, 2.24) is 9.55 Å². The summed E-state index contributed by atoms with van der Waals surface area (Å²) in [4.78, 5) is 4.56. The fraction of sp³-hybridized carbons (Fsp3) is 0.533. The zero-order valence-electron chi connectivity index (χ0n) is 11.6. The van der Waals surface area contributed by atoms with Crippen LogP contribution < -0.4 is 0 Å². The Balaban J connectivity index is 2.00. The molecule has 0 atom stereocenters. The maximum atomic E-state index is 13.7. The van der Waals surface area contributed by atoms with E-state index in [1.165, 1.54) is 6.07 Å². The molecule has 1 aromatic heterocycles. The van der Waals surface area contributed by atoms with Crippen molar-refractivity contribution in [2.75, 3.05) is 19.1 Å². The molecule has 3 rings (SSSR count). The van der Waals surface area contributed by atoms with Crippen molar-refractivity contribution in [3.63, 3.8) is 0 Å². The predicted octanol–water partition coefficient (Wildman–Crippen LogP) is 4.15. The van der Waals surface area contributed by atoms with Crippen LogP contribution in [0.15, 0.2) is 16.6 Å². The number of benzene rings is 1. The Labute approximate surface area is 136 Å². The van der Waals surface area contributed by atoms with E-state index in [4.69, 9.17) is 16.3 Å². The van der Waals surface area contributed by atoms with Crippen LogP contribution in [0.5, 0.6) is 0 Å². The minimum absolute atomic E-state index is 0.282. The SMILES string of the molecule is Fc1cc2nc(CCCl)n(CC3CCOCC3)c2cc1Br. The molecular formula is C15H17BrClFN2O. The van der Waals surface area contributed by atoms with Gasteiger partial charge in [0.25, 0.3) is 0 Å². The lowest BCUT2D eigenvalue weighted by atomic mass is 10.0. The Morgan fingerprint density at radius 1 is 1.38 bits per heavy atom. The minimum Gasteiger partial charge on any atom is -0.381 e. The Kier molecular flexibility index (Phi) is 4.82. The van der Waals surface area contributed by atoms with Crippen molar-refractivity contribution in [2.24, 2.45) is 5.92 Å². The standard InChI is InChI=1S/C15H17BrClFN2O/c16-11-7-14-13(8-12(11)18)19-15(1-4-17)20(14)9-10-2-5-21-6-3-10/h7-8,10H,1-6,9H2. The largest absolute Gasteiger partial charge is 0.381 e. The molecule has 0 spiro atoms. The lowest BCUT2D eigenvalue weighted by Gasteiger charge is -2.23. The van der Waals surface area contributed by atoms with Gasteiger partial charge in [-0.3, -0.25) is 0 Å². The molecule has 0 amide bonds. The van der Waals surface area contributed by atoms with Crippen molar-refractivity contribution in [2.45, 2.75) is 25.8 Å². The summed E-state index contributed by atoms with van der Waals surface area (Å²) in [5.74, 6) is 1.74. The molecule has 2 aromatic rings. The van der Waals surface area contributed by atoms with E-state index in [0.717, 1.165) is 43.9 Å². The molecule has 21 heavy (non-hydrogen) atoms. The molecule has 3 nitrogen and oxygen atoms in total. The number of hydrogen-bond acceptors (Lipinski definition) is 2. The molecule has 1 aromatic carbocycles.